The molecule has 3 heteroatoms. The Morgan fingerprint density at radius 3 is 2.72 bits per heavy atom. The molecule has 0 amide bonds. The molecular formula is C15H10FNO. The van der Waals surface area contributed by atoms with E-state index in [0.717, 1.165) is 28.3 Å². The maximum atomic E-state index is 13.3. The molecule has 1 N–H and O–H groups in total. The zero-order chi connectivity index (χ0) is 12.5. The van der Waals surface area contributed by atoms with Crippen LogP contribution < -0.4 is 0 Å². The van der Waals surface area contributed by atoms with E-state index in [1.165, 1.54) is 12.1 Å². The third-order valence-corrected chi connectivity index (χ3v) is 3.02. The summed E-state index contributed by atoms with van der Waals surface area (Å²) < 4.78 is 13.3. The fourth-order valence-electron chi connectivity index (χ4n) is 2.16. The topological polar surface area (TPSA) is 32.9 Å². The predicted molar refractivity (Wildman–Crippen MR) is 69.1 cm³/mol. The molecule has 1 aromatic heterocycles. The first-order valence-corrected chi connectivity index (χ1v) is 5.61. The van der Waals surface area contributed by atoms with Crippen LogP contribution in [0.5, 0.6) is 0 Å². The summed E-state index contributed by atoms with van der Waals surface area (Å²) >= 11 is 0. The highest BCUT2D eigenvalue weighted by molar-refractivity contribution is 6.00. The molecule has 0 saturated heterocycles. The molecule has 0 atom stereocenters. The number of nitrogens with one attached hydrogen (secondary N) is 1. The molecular weight excluding hydrogens is 229 g/mol. The highest BCUT2D eigenvalue weighted by Crippen LogP contribution is 2.30. The van der Waals surface area contributed by atoms with E-state index in [4.69, 9.17) is 0 Å². The molecule has 0 saturated carbocycles. The van der Waals surface area contributed by atoms with Gasteiger partial charge in [-0.25, -0.2) is 4.39 Å². The third-order valence-electron chi connectivity index (χ3n) is 3.02. The van der Waals surface area contributed by atoms with Gasteiger partial charge in [-0.15, -0.1) is 0 Å². The Morgan fingerprint density at radius 1 is 1.06 bits per heavy atom. The number of aromatic nitrogens is 1. The summed E-state index contributed by atoms with van der Waals surface area (Å²) in [5, 5.41) is 0.782. The number of H-pyrrole nitrogens is 1. The molecule has 0 radical (unpaired) electrons. The maximum Gasteiger partial charge on any atom is 0.150 e. The minimum atomic E-state index is -0.285. The van der Waals surface area contributed by atoms with E-state index in [1.807, 2.05) is 18.2 Å². The summed E-state index contributed by atoms with van der Waals surface area (Å²) in [7, 11) is 0. The average Bonchev–Trinajstić information content (AvgIpc) is 2.81. The Balaban J connectivity index is 2.31. The Kier molecular flexibility index (Phi) is 2.45. The lowest BCUT2D eigenvalue weighted by atomic mass is 10.00. The van der Waals surface area contributed by atoms with E-state index in [0.29, 0.717) is 5.56 Å². The summed E-state index contributed by atoms with van der Waals surface area (Å²) in [4.78, 5) is 14.1. The van der Waals surface area contributed by atoms with Gasteiger partial charge in [-0.3, -0.25) is 4.79 Å². The SMILES string of the molecule is O=Cc1ccccc1-c1c[nH]c2ccc(F)cc12. The van der Waals surface area contributed by atoms with Crippen LogP contribution in [0.4, 0.5) is 4.39 Å². The van der Waals surface area contributed by atoms with Gasteiger partial charge >= 0.3 is 0 Å². The molecule has 1 heterocycles. The van der Waals surface area contributed by atoms with E-state index in [2.05, 4.69) is 4.98 Å². The van der Waals surface area contributed by atoms with Crippen LogP contribution in [0.15, 0.2) is 48.7 Å². The van der Waals surface area contributed by atoms with Gasteiger partial charge in [0.25, 0.3) is 0 Å². The highest BCUT2D eigenvalue weighted by atomic mass is 19.1. The van der Waals surface area contributed by atoms with Gasteiger partial charge in [0.1, 0.15) is 5.82 Å². The van der Waals surface area contributed by atoms with Crippen LogP contribution in [0, 0.1) is 5.82 Å². The number of hydrogen-bond donors (Lipinski definition) is 1. The van der Waals surface area contributed by atoms with Crippen LogP contribution in [0.25, 0.3) is 22.0 Å². The van der Waals surface area contributed by atoms with E-state index >= 15 is 0 Å². The standard InChI is InChI=1S/C15H10FNO/c16-11-5-6-15-13(7-11)14(8-17-15)12-4-2-1-3-10(12)9-18/h1-9,17H. The molecule has 18 heavy (non-hydrogen) atoms. The minimum Gasteiger partial charge on any atom is -0.361 e. The van der Waals surface area contributed by atoms with Crippen LogP contribution in [0.2, 0.25) is 0 Å². The van der Waals surface area contributed by atoms with Crippen LogP contribution >= 0.6 is 0 Å². The van der Waals surface area contributed by atoms with Crippen molar-refractivity contribution in [2.45, 2.75) is 0 Å². The zero-order valence-electron chi connectivity index (χ0n) is 9.48. The molecule has 0 bridgehead atoms. The first-order chi connectivity index (χ1) is 8.79. The number of aldehydes is 1. The van der Waals surface area contributed by atoms with Gasteiger partial charge in [-0.2, -0.15) is 0 Å². The lowest BCUT2D eigenvalue weighted by Gasteiger charge is -2.03. The van der Waals surface area contributed by atoms with Gasteiger partial charge in [0.05, 0.1) is 0 Å². The predicted octanol–water partition coefficient (Wildman–Crippen LogP) is 3.79. The number of aromatic amines is 1. The summed E-state index contributed by atoms with van der Waals surface area (Å²) in [6.07, 6.45) is 2.61. The van der Waals surface area contributed by atoms with Crippen molar-refractivity contribution in [3.05, 3.63) is 60.0 Å². The number of fused-ring (bicyclic) bond motifs is 1. The molecule has 2 nitrogen and oxygen atoms in total. The number of carbonyl (C=O) groups is 1. The van der Waals surface area contributed by atoms with Gasteiger partial charge in [-0.1, -0.05) is 24.3 Å². The highest BCUT2D eigenvalue weighted by Gasteiger charge is 2.10. The number of rotatable bonds is 2. The molecule has 3 aromatic rings. The number of hydrogen-bond acceptors (Lipinski definition) is 1. The van der Waals surface area contributed by atoms with E-state index < -0.39 is 0 Å². The molecule has 0 unspecified atom stereocenters. The van der Waals surface area contributed by atoms with Crippen LogP contribution in [0.1, 0.15) is 10.4 Å². The molecule has 3 rings (SSSR count). The van der Waals surface area contributed by atoms with E-state index in [9.17, 15) is 9.18 Å². The lowest BCUT2D eigenvalue weighted by molar-refractivity contribution is 0.112. The summed E-state index contributed by atoms with van der Waals surface area (Å²) in [5.41, 5.74) is 3.10. The van der Waals surface area contributed by atoms with Crippen molar-refractivity contribution in [1.29, 1.82) is 0 Å². The Labute approximate surface area is 103 Å². The molecule has 0 spiro atoms. The van der Waals surface area contributed by atoms with Crippen molar-refractivity contribution in [2.75, 3.05) is 0 Å². The first kappa shape index (κ1) is 10.7. The fourth-order valence-corrected chi connectivity index (χ4v) is 2.16. The van der Waals surface area contributed by atoms with Crippen molar-refractivity contribution in [2.24, 2.45) is 0 Å². The summed E-state index contributed by atoms with van der Waals surface area (Å²) in [6, 6.07) is 11.9. The van der Waals surface area contributed by atoms with Crippen molar-refractivity contribution >= 4 is 17.2 Å². The maximum absolute atomic E-state index is 13.3. The average molecular weight is 239 g/mol. The quantitative estimate of drug-likeness (QED) is 0.678. The molecule has 0 aliphatic rings. The second-order valence-corrected chi connectivity index (χ2v) is 4.10. The number of carbonyl (C=O) groups excluding carboxylic acids is 1. The van der Waals surface area contributed by atoms with Gasteiger partial charge in [0.2, 0.25) is 0 Å². The third kappa shape index (κ3) is 1.61. The smallest absolute Gasteiger partial charge is 0.150 e. The second-order valence-electron chi connectivity index (χ2n) is 4.10. The number of benzene rings is 2. The first-order valence-electron chi connectivity index (χ1n) is 5.61. The van der Waals surface area contributed by atoms with Crippen LogP contribution in [-0.2, 0) is 0 Å². The van der Waals surface area contributed by atoms with Gasteiger partial charge in [0, 0.05) is 28.2 Å². The van der Waals surface area contributed by atoms with E-state index in [1.54, 1.807) is 18.3 Å². The van der Waals surface area contributed by atoms with Gasteiger partial charge in [-0.05, 0) is 23.8 Å². The Bertz CT molecular complexity index is 730. The monoisotopic (exact) mass is 239 g/mol. The van der Waals surface area contributed by atoms with E-state index in [-0.39, 0.29) is 5.82 Å². The second kappa shape index (κ2) is 4.11. The normalized spacial score (nSPS) is 10.7. The molecule has 0 aliphatic carbocycles. The van der Waals surface area contributed by atoms with Crippen molar-refractivity contribution in [3.63, 3.8) is 0 Å². The molecule has 88 valence electrons. The van der Waals surface area contributed by atoms with Crippen molar-refractivity contribution in [3.8, 4) is 11.1 Å². The number of halogens is 1. The largest absolute Gasteiger partial charge is 0.361 e. The molecule has 0 aliphatic heterocycles. The molecule has 2 aromatic carbocycles. The minimum absolute atomic E-state index is 0.285. The zero-order valence-corrected chi connectivity index (χ0v) is 9.48. The van der Waals surface area contributed by atoms with Gasteiger partial charge < -0.3 is 4.98 Å². The summed E-state index contributed by atoms with van der Waals surface area (Å²) in [5.74, 6) is -0.285. The van der Waals surface area contributed by atoms with Crippen molar-refractivity contribution in [1.82, 2.24) is 4.98 Å². The lowest BCUT2D eigenvalue weighted by Crippen LogP contribution is -1.85. The van der Waals surface area contributed by atoms with Crippen LogP contribution in [-0.4, -0.2) is 11.3 Å². The Morgan fingerprint density at radius 2 is 1.89 bits per heavy atom. The fraction of sp³-hybridized carbons (Fsp3) is 0. The van der Waals surface area contributed by atoms with Crippen molar-refractivity contribution < 1.29 is 9.18 Å². The van der Waals surface area contributed by atoms with Crippen LogP contribution in [0.3, 0.4) is 0 Å². The summed E-state index contributed by atoms with van der Waals surface area (Å²) in [6.45, 7) is 0. The Hall–Kier alpha value is -2.42. The van der Waals surface area contributed by atoms with Gasteiger partial charge in [0.15, 0.2) is 6.29 Å². The molecule has 0 fully saturated rings.